The second-order valence-electron chi connectivity index (χ2n) is 5.56. The van der Waals surface area contributed by atoms with E-state index < -0.39 is 0 Å². The van der Waals surface area contributed by atoms with Crippen molar-refractivity contribution in [2.45, 2.75) is 20.8 Å². The third-order valence-corrected chi connectivity index (χ3v) is 5.31. The Bertz CT molecular complexity index is 927. The molecule has 0 fully saturated rings. The lowest BCUT2D eigenvalue weighted by atomic mass is 10.1. The van der Waals surface area contributed by atoms with Crippen LogP contribution in [0, 0.1) is 13.8 Å². The highest BCUT2D eigenvalue weighted by Gasteiger charge is 2.19. The van der Waals surface area contributed by atoms with E-state index >= 15 is 0 Å². The predicted molar refractivity (Wildman–Crippen MR) is 101 cm³/mol. The Hall–Kier alpha value is -1.92. The van der Waals surface area contributed by atoms with E-state index in [1.165, 1.54) is 0 Å². The fraction of sp³-hybridized carbons (Fsp3) is 0.222. The molecule has 0 bridgehead atoms. The molecule has 24 heavy (non-hydrogen) atoms. The Kier molecular flexibility index (Phi) is 4.60. The van der Waals surface area contributed by atoms with Crippen molar-refractivity contribution in [2.24, 2.45) is 0 Å². The Labute approximate surface area is 153 Å². The minimum atomic E-state index is 0.0663. The highest BCUT2D eigenvalue weighted by atomic mass is 79.9. The van der Waals surface area contributed by atoms with Crippen LogP contribution < -0.4 is 4.74 Å². The lowest BCUT2D eigenvalue weighted by Crippen LogP contribution is -1.94. The number of hydrogen-bond acceptors (Lipinski definition) is 4. The number of aromatic amines is 1. The normalized spacial score (nSPS) is 10.9. The minimum Gasteiger partial charge on any atom is -0.496 e. The summed E-state index contributed by atoms with van der Waals surface area (Å²) in [6.45, 7) is 5.46. The number of methoxy groups -OCH3 is 1. The number of halogens is 1. The number of Topliss-reactive ketones (excluding diaryl/α,β-unsaturated/α-hetero) is 1. The molecule has 3 aromatic rings. The summed E-state index contributed by atoms with van der Waals surface area (Å²) in [6.07, 6.45) is 0. The van der Waals surface area contributed by atoms with E-state index in [-0.39, 0.29) is 5.78 Å². The standard InChI is InChI=1S/C18H17BrN2O2S/c1-9-16(11(3)22)10(2)20-17(9)14-8-24-18(21-14)13-7-12(19)5-6-15(13)23-4/h5-8,20H,1-4H3. The average molecular weight is 405 g/mol. The summed E-state index contributed by atoms with van der Waals surface area (Å²) in [7, 11) is 1.65. The Morgan fingerprint density at radius 2 is 2.08 bits per heavy atom. The topological polar surface area (TPSA) is 55.0 Å². The van der Waals surface area contributed by atoms with E-state index in [9.17, 15) is 4.79 Å². The highest BCUT2D eigenvalue weighted by molar-refractivity contribution is 9.10. The first-order chi connectivity index (χ1) is 11.4. The van der Waals surface area contributed by atoms with Crippen LogP contribution in [0.3, 0.4) is 0 Å². The van der Waals surface area contributed by atoms with Gasteiger partial charge in [-0.15, -0.1) is 11.3 Å². The van der Waals surface area contributed by atoms with Crippen molar-refractivity contribution in [3.63, 3.8) is 0 Å². The van der Waals surface area contributed by atoms with Crippen molar-refractivity contribution >= 4 is 33.0 Å². The second kappa shape index (κ2) is 6.53. The van der Waals surface area contributed by atoms with Crippen LogP contribution in [0.1, 0.15) is 28.5 Å². The number of ketones is 1. The van der Waals surface area contributed by atoms with Crippen LogP contribution in [0.25, 0.3) is 22.0 Å². The molecule has 0 saturated carbocycles. The summed E-state index contributed by atoms with van der Waals surface area (Å²) in [5, 5.41) is 2.87. The number of hydrogen-bond donors (Lipinski definition) is 1. The van der Waals surface area contributed by atoms with Crippen molar-refractivity contribution in [3.8, 4) is 27.7 Å². The highest BCUT2D eigenvalue weighted by Crippen LogP contribution is 2.37. The van der Waals surface area contributed by atoms with E-state index in [2.05, 4.69) is 20.9 Å². The van der Waals surface area contributed by atoms with Gasteiger partial charge in [0.05, 0.1) is 24.1 Å². The zero-order valence-corrected chi connectivity index (χ0v) is 16.3. The lowest BCUT2D eigenvalue weighted by molar-refractivity contribution is 0.101. The first kappa shape index (κ1) is 16.9. The maximum Gasteiger partial charge on any atom is 0.161 e. The maximum absolute atomic E-state index is 11.8. The van der Waals surface area contributed by atoms with Crippen LogP contribution in [-0.2, 0) is 0 Å². The van der Waals surface area contributed by atoms with Crippen molar-refractivity contribution in [1.82, 2.24) is 9.97 Å². The number of ether oxygens (including phenoxy) is 1. The van der Waals surface area contributed by atoms with Gasteiger partial charge in [-0.05, 0) is 44.5 Å². The molecular weight excluding hydrogens is 388 g/mol. The van der Waals surface area contributed by atoms with Gasteiger partial charge < -0.3 is 9.72 Å². The molecular formula is C18H17BrN2O2S. The molecule has 0 spiro atoms. The molecule has 0 amide bonds. The number of H-pyrrole nitrogens is 1. The molecule has 1 aromatic carbocycles. The van der Waals surface area contributed by atoms with Gasteiger partial charge >= 0.3 is 0 Å². The van der Waals surface area contributed by atoms with Gasteiger partial charge in [0, 0.05) is 21.1 Å². The molecule has 4 nitrogen and oxygen atoms in total. The quantitative estimate of drug-likeness (QED) is 0.592. The molecule has 0 saturated heterocycles. The van der Waals surface area contributed by atoms with Crippen LogP contribution >= 0.6 is 27.3 Å². The number of nitrogens with one attached hydrogen (secondary N) is 1. The molecule has 0 unspecified atom stereocenters. The number of carbonyl (C=O) groups excluding carboxylic acids is 1. The van der Waals surface area contributed by atoms with Crippen LogP contribution in [0.15, 0.2) is 28.1 Å². The van der Waals surface area contributed by atoms with Gasteiger partial charge in [0.2, 0.25) is 0 Å². The Morgan fingerprint density at radius 3 is 2.71 bits per heavy atom. The molecule has 2 aromatic heterocycles. The van der Waals surface area contributed by atoms with Gasteiger partial charge in [0.15, 0.2) is 5.78 Å². The third kappa shape index (κ3) is 2.91. The molecule has 0 atom stereocenters. The van der Waals surface area contributed by atoms with E-state index in [0.29, 0.717) is 0 Å². The summed E-state index contributed by atoms with van der Waals surface area (Å²) in [5.74, 6) is 0.847. The number of nitrogens with zero attached hydrogens (tertiary/aromatic N) is 1. The molecule has 2 heterocycles. The van der Waals surface area contributed by atoms with Crippen molar-refractivity contribution in [1.29, 1.82) is 0 Å². The molecule has 1 N–H and O–H groups in total. The molecule has 6 heteroatoms. The zero-order chi connectivity index (χ0) is 17.4. The lowest BCUT2D eigenvalue weighted by Gasteiger charge is -2.06. The van der Waals surface area contributed by atoms with Crippen LogP contribution in [0.2, 0.25) is 0 Å². The summed E-state index contributed by atoms with van der Waals surface area (Å²) < 4.78 is 6.41. The van der Waals surface area contributed by atoms with Gasteiger partial charge in [-0.1, -0.05) is 15.9 Å². The van der Waals surface area contributed by atoms with Crippen molar-refractivity contribution in [3.05, 3.63) is 44.9 Å². The molecule has 0 radical (unpaired) electrons. The van der Waals surface area contributed by atoms with Crippen LogP contribution in [-0.4, -0.2) is 22.9 Å². The smallest absolute Gasteiger partial charge is 0.161 e. The van der Waals surface area contributed by atoms with Crippen molar-refractivity contribution < 1.29 is 9.53 Å². The van der Waals surface area contributed by atoms with Gasteiger partial charge in [-0.2, -0.15) is 0 Å². The summed E-state index contributed by atoms with van der Waals surface area (Å²) >= 11 is 5.04. The number of aromatic nitrogens is 2. The number of aryl methyl sites for hydroxylation is 1. The maximum atomic E-state index is 11.8. The third-order valence-electron chi connectivity index (χ3n) is 3.94. The SMILES string of the molecule is COc1ccc(Br)cc1-c1nc(-c2[nH]c(C)c(C(C)=O)c2C)cs1. The molecule has 0 aliphatic heterocycles. The van der Waals surface area contributed by atoms with E-state index in [4.69, 9.17) is 9.72 Å². The van der Waals surface area contributed by atoms with Crippen molar-refractivity contribution in [2.75, 3.05) is 7.11 Å². The van der Waals surface area contributed by atoms with E-state index in [1.54, 1.807) is 25.4 Å². The fourth-order valence-corrected chi connectivity index (χ4v) is 4.09. The molecule has 124 valence electrons. The summed E-state index contributed by atoms with van der Waals surface area (Å²) in [6, 6.07) is 5.85. The first-order valence-corrected chi connectivity index (χ1v) is 9.09. The predicted octanol–water partition coefficient (Wildman–Crippen LogP) is 5.40. The first-order valence-electron chi connectivity index (χ1n) is 7.42. The van der Waals surface area contributed by atoms with Gasteiger partial charge in [-0.25, -0.2) is 4.98 Å². The molecule has 0 aliphatic rings. The fourth-order valence-electron chi connectivity index (χ4n) is 2.89. The Balaban J connectivity index is 2.08. The van der Waals surface area contributed by atoms with Crippen LogP contribution in [0.5, 0.6) is 5.75 Å². The van der Waals surface area contributed by atoms with Crippen LogP contribution in [0.4, 0.5) is 0 Å². The number of thiazole rings is 1. The number of benzene rings is 1. The van der Waals surface area contributed by atoms with Gasteiger partial charge in [0.1, 0.15) is 10.8 Å². The molecule has 0 aliphatic carbocycles. The van der Waals surface area contributed by atoms with Gasteiger partial charge in [-0.3, -0.25) is 4.79 Å². The Morgan fingerprint density at radius 1 is 1.33 bits per heavy atom. The summed E-state index contributed by atoms with van der Waals surface area (Å²) in [4.78, 5) is 19.9. The second-order valence-corrected chi connectivity index (χ2v) is 7.34. The average Bonchev–Trinajstić information content (AvgIpc) is 3.11. The summed E-state index contributed by atoms with van der Waals surface area (Å²) in [5.41, 5.74) is 5.25. The van der Waals surface area contributed by atoms with Gasteiger partial charge in [0.25, 0.3) is 0 Å². The largest absolute Gasteiger partial charge is 0.496 e. The number of carbonyl (C=O) groups is 1. The number of rotatable bonds is 4. The molecule has 3 rings (SSSR count). The van der Waals surface area contributed by atoms with E-state index in [0.717, 1.165) is 49.0 Å². The van der Waals surface area contributed by atoms with E-state index in [1.807, 2.05) is 37.4 Å². The minimum absolute atomic E-state index is 0.0663. The monoisotopic (exact) mass is 404 g/mol. The zero-order valence-electron chi connectivity index (χ0n) is 13.9.